The second-order valence-electron chi connectivity index (χ2n) is 4.53. The maximum Gasteiger partial charge on any atom is 0.261 e. The van der Waals surface area contributed by atoms with Crippen LogP contribution in [0.4, 0.5) is 0 Å². The molecule has 0 aliphatic heterocycles. The van der Waals surface area contributed by atoms with Crippen molar-refractivity contribution < 1.29 is 36.2 Å². The molecule has 0 aromatic heterocycles. The zero-order valence-corrected chi connectivity index (χ0v) is 12.7. The molecule has 4 N–H and O–H groups in total. The summed E-state index contributed by atoms with van der Waals surface area (Å²) in [6, 6.07) is 0. The standard InChI is InChI=1S/C6H14O2.2CH4O3S/c1-6(2,3)5(8)4-7;2*1-5(2,3)4/h5,7-8H,4H2,1-3H3;2*1H3,(H,2,3,4). The maximum atomic E-state index is 9.19. The zero-order valence-electron chi connectivity index (χ0n) is 11.0. The van der Waals surface area contributed by atoms with Crippen LogP contribution in [0.25, 0.3) is 0 Å². The highest BCUT2D eigenvalue weighted by Gasteiger charge is 2.20. The fourth-order valence-corrected chi connectivity index (χ4v) is 0.274. The largest absolute Gasteiger partial charge is 0.394 e. The minimum atomic E-state index is -3.67. The highest BCUT2D eigenvalue weighted by Crippen LogP contribution is 2.17. The Morgan fingerprint density at radius 3 is 1.11 bits per heavy atom. The topological polar surface area (TPSA) is 149 Å². The fourth-order valence-electron chi connectivity index (χ4n) is 0.274. The van der Waals surface area contributed by atoms with Gasteiger partial charge in [-0.25, -0.2) is 0 Å². The van der Waals surface area contributed by atoms with Crippen molar-refractivity contribution in [3.8, 4) is 0 Å². The molecule has 1 unspecified atom stereocenters. The maximum absolute atomic E-state index is 9.19. The molecule has 0 aromatic rings. The third kappa shape index (κ3) is 57.1. The van der Waals surface area contributed by atoms with Crippen LogP contribution in [-0.4, -0.2) is 61.4 Å². The molecular weight excluding hydrogens is 288 g/mol. The molecule has 0 radical (unpaired) electrons. The Hall–Kier alpha value is -0.260. The lowest BCUT2D eigenvalue weighted by Gasteiger charge is -2.23. The first-order valence-electron chi connectivity index (χ1n) is 4.62. The summed E-state index contributed by atoms with van der Waals surface area (Å²) in [5, 5.41) is 17.4. The van der Waals surface area contributed by atoms with E-state index in [2.05, 4.69) is 0 Å². The Morgan fingerprint density at radius 1 is 0.944 bits per heavy atom. The third-order valence-electron chi connectivity index (χ3n) is 1.17. The summed E-state index contributed by atoms with van der Waals surface area (Å²) in [4.78, 5) is 0. The Kier molecular flexibility index (Phi) is 11.2. The van der Waals surface area contributed by atoms with Gasteiger partial charge in [0.1, 0.15) is 0 Å². The third-order valence-corrected chi connectivity index (χ3v) is 1.17. The van der Waals surface area contributed by atoms with Crippen LogP contribution < -0.4 is 0 Å². The highest BCUT2D eigenvalue weighted by molar-refractivity contribution is 7.85. The number of hydrogen-bond donors (Lipinski definition) is 4. The second-order valence-corrected chi connectivity index (χ2v) is 7.46. The van der Waals surface area contributed by atoms with Crippen molar-refractivity contribution in [1.29, 1.82) is 0 Å². The van der Waals surface area contributed by atoms with Crippen molar-refractivity contribution in [1.82, 2.24) is 0 Å². The highest BCUT2D eigenvalue weighted by atomic mass is 32.2. The van der Waals surface area contributed by atoms with Crippen molar-refractivity contribution in [2.45, 2.75) is 26.9 Å². The van der Waals surface area contributed by atoms with E-state index in [9.17, 15) is 16.8 Å². The molecule has 0 heterocycles. The quantitative estimate of drug-likeness (QED) is 0.469. The van der Waals surface area contributed by atoms with Crippen LogP contribution in [0, 0.1) is 5.41 Å². The summed E-state index contributed by atoms with van der Waals surface area (Å²) < 4.78 is 51.7. The zero-order chi connectivity index (χ0) is 15.8. The molecule has 0 aliphatic carbocycles. The van der Waals surface area contributed by atoms with Gasteiger partial charge in [0.05, 0.1) is 25.2 Å². The molecule has 0 saturated carbocycles. The molecule has 0 spiro atoms. The first-order valence-corrected chi connectivity index (χ1v) is 8.32. The molecule has 0 aromatic carbocycles. The van der Waals surface area contributed by atoms with E-state index in [1.54, 1.807) is 0 Å². The van der Waals surface area contributed by atoms with Crippen LogP contribution in [0.5, 0.6) is 0 Å². The number of aliphatic hydroxyl groups is 2. The normalized spacial score (nSPS) is 13.6. The summed E-state index contributed by atoms with van der Waals surface area (Å²) in [6.45, 7) is 5.50. The Balaban J connectivity index is -0.000000197. The van der Waals surface area contributed by atoms with Crippen LogP contribution in [0.15, 0.2) is 0 Å². The molecule has 10 heteroatoms. The van der Waals surface area contributed by atoms with Crippen LogP contribution >= 0.6 is 0 Å². The summed E-state index contributed by atoms with van der Waals surface area (Å²) in [7, 11) is -7.33. The second kappa shape index (κ2) is 8.77. The van der Waals surface area contributed by atoms with E-state index in [1.165, 1.54) is 0 Å². The van der Waals surface area contributed by atoms with Gasteiger partial charge in [0.15, 0.2) is 0 Å². The minimum absolute atomic E-state index is 0.149. The number of rotatable bonds is 1. The van der Waals surface area contributed by atoms with Crippen molar-refractivity contribution in [2.24, 2.45) is 5.41 Å². The average Bonchev–Trinajstić information content (AvgIpc) is 1.94. The molecule has 1 atom stereocenters. The summed E-state index contributed by atoms with van der Waals surface area (Å²) >= 11 is 0. The van der Waals surface area contributed by atoms with Gasteiger partial charge in [-0.2, -0.15) is 16.8 Å². The minimum Gasteiger partial charge on any atom is -0.394 e. The first-order chi connectivity index (χ1) is 7.48. The summed E-state index contributed by atoms with van der Waals surface area (Å²) in [6.07, 6.45) is 0.836. The summed E-state index contributed by atoms with van der Waals surface area (Å²) in [5.74, 6) is 0. The molecule has 0 bridgehead atoms. The van der Waals surface area contributed by atoms with Gasteiger partial charge in [-0.15, -0.1) is 0 Å². The smallest absolute Gasteiger partial charge is 0.261 e. The lowest BCUT2D eigenvalue weighted by Crippen LogP contribution is -2.29. The van der Waals surface area contributed by atoms with Gasteiger partial charge in [0.25, 0.3) is 20.2 Å². The van der Waals surface area contributed by atoms with E-state index in [-0.39, 0.29) is 12.0 Å². The van der Waals surface area contributed by atoms with Gasteiger partial charge in [0, 0.05) is 0 Å². The number of aliphatic hydroxyl groups excluding tert-OH is 2. The molecular formula is C8H22O8S2. The SMILES string of the molecule is CC(C)(C)C(O)CO.CS(=O)(=O)O.CS(=O)(=O)O. The molecule has 8 nitrogen and oxygen atoms in total. The van der Waals surface area contributed by atoms with Crippen LogP contribution in [-0.2, 0) is 20.2 Å². The van der Waals surface area contributed by atoms with E-state index in [0.717, 1.165) is 0 Å². The van der Waals surface area contributed by atoms with Gasteiger partial charge in [-0.1, -0.05) is 20.8 Å². The van der Waals surface area contributed by atoms with Gasteiger partial charge in [-0.3, -0.25) is 9.11 Å². The fraction of sp³-hybridized carbons (Fsp3) is 1.00. The Bertz CT molecular complexity index is 343. The molecule has 0 aliphatic rings. The van der Waals surface area contributed by atoms with Crippen LogP contribution in [0.1, 0.15) is 20.8 Å². The van der Waals surface area contributed by atoms with Crippen molar-refractivity contribution in [2.75, 3.05) is 19.1 Å². The van der Waals surface area contributed by atoms with Crippen molar-refractivity contribution in [3.05, 3.63) is 0 Å². The molecule has 0 amide bonds. The monoisotopic (exact) mass is 310 g/mol. The molecule has 18 heavy (non-hydrogen) atoms. The van der Waals surface area contributed by atoms with Gasteiger partial charge >= 0.3 is 0 Å². The van der Waals surface area contributed by atoms with Gasteiger partial charge in [-0.05, 0) is 5.41 Å². The van der Waals surface area contributed by atoms with Crippen molar-refractivity contribution >= 4 is 20.2 Å². The van der Waals surface area contributed by atoms with Gasteiger partial charge < -0.3 is 10.2 Å². The molecule has 0 fully saturated rings. The lowest BCUT2D eigenvalue weighted by atomic mass is 9.90. The Morgan fingerprint density at radius 2 is 1.11 bits per heavy atom. The van der Waals surface area contributed by atoms with E-state index in [4.69, 9.17) is 19.3 Å². The Labute approximate surface area is 108 Å². The predicted octanol–water partition coefficient (Wildman–Crippen LogP) is -0.606. The van der Waals surface area contributed by atoms with E-state index in [1.807, 2.05) is 20.8 Å². The van der Waals surface area contributed by atoms with E-state index >= 15 is 0 Å². The van der Waals surface area contributed by atoms with Crippen molar-refractivity contribution in [3.63, 3.8) is 0 Å². The van der Waals surface area contributed by atoms with Crippen LogP contribution in [0.2, 0.25) is 0 Å². The predicted molar refractivity (Wildman–Crippen MR) is 67.5 cm³/mol. The van der Waals surface area contributed by atoms with Crippen LogP contribution in [0.3, 0.4) is 0 Å². The number of hydrogen-bond acceptors (Lipinski definition) is 6. The molecule has 0 saturated heterocycles. The summed E-state index contributed by atoms with van der Waals surface area (Å²) in [5.41, 5.74) is -0.186. The first kappa shape index (κ1) is 22.9. The molecule has 0 rings (SSSR count). The van der Waals surface area contributed by atoms with E-state index in [0.29, 0.717) is 12.5 Å². The van der Waals surface area contributed by atoms with Gasteiger partial charge in [0.2, 0.25) is 0 Å². The van der Waals surface area contributed by atoms with E-state index < -0.39 is 26.3 Å². The average molecular weight is 310 g/mol. The molecule has 114 valence electrons. The lowest BCUT2D eigenvalue weighted by molar-refractivity contribution is 0.0133.